The first kappa shape index (κ1) is 29.6. The molecule has 0 aliphatic carbocycles. The van der Waals surface area contributed by atoms with E-state index in [1.165, 1.54) is 13.2 Å². The lowest BCUT2D eigenvalue weighted by atomic mass is 10.0. The Kier molecular flexibility index (Phi) is 8.32. The molecule has 3 aromatic rings. The highest BCUT2D eigenvalue weighted by molar-refractivity contribution is 6.33. The molecule has 2 aromatic carbocycles. The van der Waals surface area contributed by atoms with E-state index in [2.05, 4.69) is 15.3 Å². The van der Waals surface area contributed by atoms with Gasteiger partial charge in [-0.25, -0.2) is 9.97 Å². The summed E-state index contributed by atoms with van der Waals surface area (Å²) in [6, 6.07) is 8.23. The lowest BCUT2D eigenvalue weighted by Crippen LogP contribution is -2.54. The molecule has 6 nitrogen and oxygen atoms in total. The number of piperazine rings is 1. The van der Waals surface area contributed by atoms with Crippen molar-refractivity contribution in [3.05, 3.63) is 75.9 Å². The topological polar surface area (TPSA) is 61.4 Å². The summed E-state index contributed by atoms with van der Waals surface area (Å²) in [5.41, 5.74) is -2.62. The fraction of sp³-hybridized carbons (Fsp3) is 0.370. The van der Waals surface area contributed by atoms with Gasteiger partial charge in [-0.3, -0.25) is 4.79 Å². The van der Waals surface area contributed by atoms with E-state index in [1.54, 1.807) is 24.3 Å². The highest BCUT2D eigenvalue weighted by atomic mass is 35.5. The predicted octanol–water partition coefficient (Wildman–Crippen LogP) is 6.29. The average Bonchev–Trinajstić information content (AvgIpc) is 2.86. The lowest BCUT2D eigenvalue weighted by molar-refractivity contribution is -0.143. The SMILES string of the molecule is C[C@@H]1CN(c2ncc(C(=O)N(C)Cc3cc(C(F)(F)F)cc(C(F)(F)F)c3)c(-c3ccccc3Cl)n2)C[C@@H](C)N1. The molecule has 1 N–H and O–H groups in total. The first-order valence-electron chi connectivity index (χ1n) is 12.3. The Morgan fingerprint density at radius 2 is 1.60 bits per heavy atom. The van der Waals surface area contributed by atoms with Crippen molar-refractivity contribution in [3.8, 4) is 11.3 Å². The minimum Gasteiger partial charge on any atom is -0.338 e. The number of hydrogen-bond donors (Lipinski definition) is 1. The number of anilines is 1. The van der Waals surface area contributed by atoms with E-state index in [1.807, 2.05) is 18.7 Å². The predicted molar refractivity (Wildman–Crippen MR) is 139 cm³/mol. The van der Waals surface area contributed by atoms with Crippen LogP contribution in [0.15, 0.2) is 48.7 Å². The van der Waals surface area contributed by atoms with E-state index in [9.17, 15) is 31.1 Å². The Hall–Kier alpha value is -3.38. The molecule has 0 spiro atoms. The minimum absolute atomic E-state index is 0.00129. The monoisotopic (exact) mass is 585 g/mol. The van der Waals surface area contributed by atoms with Gasteiger partial charge in [-0.1, -0.05) is 29.8 Å². The Morgan fingerprint density at radius 1 is 1.02 bits per heavy atom. The van der Waals surface area contributed by atoms with Crippen LogP contribution in [0.25, 0.3) is 11.3 Å². The maximum atomic E-state index is 13.5. The molecular weight excluding hydrogens is 560 g/mol. The summed E-state index contributed by atoms with van der Waals surface area (Å²) in [5, 5.41) is 3.71. The standard InChI is InChI=1S/C27H26ClF6N5O/c1-15-12-39(13-16(2)36-15)25-35-11-21(23(37-25)20-6-4-5-7-22(20)28)24(40)38(3)14-17-8-18(26(29,30)31)10-19(9-17)27(32,33)34/h4-11,15-16,36H,12-14H2,1-3H3/t15-,16-/m1/s1. The summed E-state index contributed by atoms with van der Waals surface area (Å²) >= 11 is 6.43. The van der Waals surface area contributed by atoms with Gasteiger partial charge in [-0.15, -0.1) is 0 Å². The van der Waals surface area contributed by atoms with Gasteiger partial charge in [0.15, 0.2) is 0 Å². The van der Waals surface area contributed by atoms with Gasteiger partial charge in [-0.2, -0.15) is 26.3 Å². The van der Waals surface area contributed by atoms with Crippen LogP contribution in [-0.2, 0) is 18.9 Å². The summed E-state index contributed by atoms with van der Waals surface area (Å²) in [6.07, 6.45) is -8.69. The van der Waals surface area contributed by atoms with Crippen LogP contribution < -0.4 is 10.2 Å². The Morgan fingerprint density at radius 3 is 2.15 bits per heavy atom. The minimum atomic E-state index is -5.00. The van der Waals surface area contributed by atoms with E-state index in [4.69, 9.17) is 11.6 Å². The van der Waals surface area contributed by atoms with Crippen LogP contribution in [0.4, 0.5) is 32.3 Å². The fourth-order valence-corrected chi connectivity index (χ4v) is 4.92. The van der Waals surface area contributed by atoms with Gasteiger partial charge in [-0.05, 0) is 43.7 Å². The summed E-state index contributed by atoms with van der Waals surface area (Å²) in [4.78, 5) is 25.6. The lowest BCUT2D eigenvalue weighted by Gasteiger charge is -2.36. The first-order chi connectivity index (χ1) is 18.6. The van der Waals surface area contributed by atoms with Crippen LogP contribution >= 0.6 is 11.6 Å². The van der Waals surface area contributed by atoms with E-state index in [0.717, 1.165) is 4.90 Å². The van der Waals surface area contributed by atoms with Crippen molar-refractivity contribution in [2.24, 2.45) is 0 Å². The van der Waals surface area contributed by atoms with E-state index in [-0.39, 0.29) is 35.0 Å². The van der Waals surface area contributed by atoms with Gasteiger partial charge in [0.2, 0.25) is 5.95 Å². The molecule has 1 aliphatic rings. The molecule has 40 heavy (non-hydrogen) atoms. The van der Waals surface area contributed by atoms with Crippen LogP contribution in [-0.4, -0.2) is 53.0 Å². The molecule has 4 rings (SSSR count). The van der Waals surface area contributed by atoms with Crippen LogP contribution in [0, 0.1) is 0 Å². The van der Waals surface area contributed by atoms with Crippen LogP contribution in [0.1, 0.15) is 40.9 Å². The zero-order valence-corrected chi connectivity index (χ0v) is 22.5. The van der Waals surface area contributed by atoms with E-state index in [0.29, 0.717) is 41.8 Å². The number of nitrogens with one attached hydrogen (secondary N) is 1. The number of rotatable bonds is 5. The van der Waals surface area contributed by atoms with Crippen molar-refractivity contribution in [2.45, 2.75) is 44.8 Å². The number of carbonyl (C=O) groups excluding carboxylic acids is 1. The Labute approximate surface area is 232 Å². The Balaban J connectivity index is 1.72. The number of hydrogen-bond acceptors (Lipinski definition) is 5. The van der Waals surface area contributed by atoms with Gasteiger partial charge >= 0.3 is 12.4 Å². The molecule has 1 saturated heterocycles. The molecule has 1 fully saturated rings. The van der Waals surface area contributed by atoms with E-state index >= 15 is 0 Å². The summed E-state index contributed by atoms with van der Waals surface area (Å²) < 4.78 is 80.0. The maximum Gasteiger partial charge on any atom is 0.416 e. The zero-order chi connectivity index (χ0) is 29.4. The molecule has 214 valence electrons. The quantitative estimate of drug-likeness (QED) is 0.357. The summed E-state index contributed by atoms with van der Waals surface area (Å²) in [6.45, 7) is 4.72. The molecule has 0 bridgehead atoms. The third-order valence-corrected chi connectivity index (χ3v) is 6.72. The second-order valence-corrected chi connectivity index (χ2v) is 10.3. The number of alkyl halides is 6. The number of carbonyl (C=O) groups is 1. The molecule has 2 heterocycles. The van der Waals surface area contributed by atoms with Crippen LogP contribution in [0.3, 0.4) is 0 Å². The number of benzene rings is 2. The second-order valence-electron chi connectivity index (χ2n) is 9.86. The largest absolute Gasteiger partial charge is 0.416 e. The molecule has 1 aliphatic heterocycles. The van der Waals surface area contributed by atoms with Crippen molar-refractivity contribution in [1.29, 1.82) is 0 Å². The molecule has 0 saturated carbocycles. The van der Waals surface area contributed by atoms with Gasteiger partial charge in [0.1, 0.15) is 0 Å². The summed E-state index contributed by atoms with van der Waals surface area (Å²) in [7, 11) is 1.28. The van der Waals surface area contributed by atoms with Crippen molar-refractivity contribution in [3.63, 3.8) is 0 Å². The molecule has 2 atom stereocenters. The van der Waals surface area contributed by atoms with Crippen molar-refractivity contribution >= 4 is 23.5 Å². The van der Waals surface area contributed by atoms with E-state index < -0.39 is 35.9 Å². The highest BCUT2D eigenvalue weighted by Gasteiger charge is 2.37. The molecule has 0 unspecified atom stereocenters. The maximum absolute atomic E-state index is 13.5. The van der Waals surface area contributed by atoms with Crippen molar-refractivity contribution in [2.75, 3.05) is 25.0 Å². The molecule has 0 radical (unpaired) electrons. The second kappa shape index (κ2) is 11.2. The first-order valence-corrected chi connectivity index (χ1v) is 12.7. The number of amides is 1. The smallest absolute Gasteiger partial charge is 0.338 e. The van der Waals surface area contributed by atoms with Crippen molar-refractivity contribution < 1.29 is 31.1 Å². The van der Waals surface area contributed by atoms with Gasteiger partial charge in [0.25, 0.3) is 5.91 Å². The number of aromatic nitrogens is 2. The third-order valence-electron chi connectivity index (χ3n) is 6.39. The average molecular weight is 586 g/mol. The van der Waals surface area contributed by atoms with Crippen LogP contribution in [0.5, 0.6) is 0 Å². The number of halogens is 7. The molecule has 1 amide bonds. The highest BCUT2D eigenvalue weighted by Crippen LogP contribution is 2.37. The summed E-state index contributed by atoms with van der Waals surface area (Å²) in [5.74, 6) is -0.337. The molecule has 1 aromatic heterocycles. The normalized spacial score (nSPS) is 18.1. The van der Waals surface area contributed by atoms with Gasteiger partial charge in [0, 0.05) is 55.5 Å². The number of nitrogens with zero attached hydrogens (tertiary/aromatic N) is 4. The van der Waals surface area contributed by atoms with Crippen molar-refractivity contribution in [1.82, 2.24) is 20.2 Å². The van der Waals surface area contributed by atoms with Crippen LogP contribution in [0.2, 0.25) is 5.02 Å². The third kappa shape index (κ3) is 6.67. The zero-order valence-electron chi connectivity index (χ0n) is 21.7. The van der Waals surface area contributed by atoms with Gasteiger partial charge < -0.3 is 15.1 Å². The Bertz CT molecular complexity index is 1350. The molecular formula is C27H26ClF6N5O. The van der Waals surface area contributed by atoms with Gasteiger partial charge in [0.05, 0.1) is 22.4 Å². The molecule has 13 heteroatoms. The fourth-order valence-electron chi connectivity index (χ4n) is 4.69.